The van der Waals surface area contributed by atoms with Gasteiger partial charge in [-0.1, -0.05) is 39.0 Å². The monoisotopic (exact) mass is 534 g/mol. The van der Waals surface area contributed by atoms with Crippen molar-refractivity contribution in [3.8, 4) is 5.69 Å². The van der Waals surface area contributed by atoms with Crippen LogP contribution in [0.2, 0.25) is 0 Å². The minimum absolute atomic E-state index is 0.0756. The van der Waals surface area contributed by atoms with Crippen molar-refractivity contribution in [3.63, 3.8) is 0 Å². The molecule has 0 saturated heterocycles. The Bertz CT molecular complexity index is 1400. The number of aromatic nitrogens is 2. The Morgan fingerprint density at radius 1 is 1.19 bits per heavy atom. The molecule has 1 aromatic carbocycles. The van der Waals surface area contributed by atoms with Gasteiger partial charge in [-0.15, -0.1) is 11.8 Å². The first-order valence-corrected chi connectivity index (χ1v) is 14.2. The van der Waals surface area contributed by atoms with E-state index in [1.807, 2.05) is 35.9 Å². The summed E-state index contributed by atoms with van der Waals surface area (Å²) in [5, 5.41) is 12.1. The van der Waals surface area contributed by atoms with E-state index in [-0.39, 0.29) is 41.3 Å². The number of fused-ring (bicyclic) bond motifs is 1. The zero-order valence-electron chi connectivity index (χ0n) is 21.4. The number of amides is 2. The number of carbonyl (C=O) groups is 2. The molecule has 4 aromatic rings. The number of para-hydroxylation sites is 1. The predicted octanol–water partition coefficient (Wildman–Crippen LogP) is 5.62. The molecule has 9 heteroatoms. The Morgan fingerprint density at radius 2 is 2.00 bits per heavy atom. The number of thioether (sulfide) groups is 1. The number of anilines is 1. The molecule has 7 nitrogen and oxygen atoms in total. The minimum Gasteiger partial charge on any atom is -0.467 e. The summed E-state index contributed by atoms with van der Waals surface area (Å²) < 4.78 is 7.22. The molecule has 1 N–H and O–H groups in total. The smallest absolute Gasteiger partial charge is 0.240 e. The van der Waals surface area contributed by atoms with Crippen molar-refractivity contribution in [1.82, 2.24) is 15.1 Å². The summed E-state index contributed by atoms with van der Waals surface area (Å²) in [5.74, 6) is 1.21. The lowest BCUT2D eigenvalue weighted by Crippen LogP contribution is -2.42. The first-order chi connectivity index (χ1) is 17.7. The molecule has 5 rings (SSSR count). The number of furan rings is 1. The number of nitrogens with zero attached hydrogens (tertiary/aromatic N) is 3. The molecule has 0 saturated carbocycles. The van der Waals surface area contributed by atoms with Crippen molar-refractivity contribution < 1.29 is 14.0 Å². The highest BCUT2D eigenvalue weighted by Gasteiger charge is 2.40. The number of hydrogen-bond donors (Lipinski definition) is 1. The van der Waals surface area contributed by atoms with Gasteiger partial charge in [-0.2, -0.15) is 16.4 Å². The maximum Gasteiger partial charge on any atom is 0.240 e. The predicted molar refractivity (Wildman–Crippen MR) is 149 cm³/mol. The van der Waals surface area contributed by atoms with E-state index in [9.17, 15) is 9.59 Å². The topological polar surface area (TPSA) is 80.4 Å². The van der Waals surface area contributed by atoms with Gasteiger partial charge in [-0.05, 0) is 53.1 Å². The second-order valence-electron chi connectivity index (χ2n) is 10.1. The van der Waals surface area contributed by atoms with E-state index in [1.54, 1.807) is 46.4 Å². The summed E-state index contributed by atoms with van der Waals surface area (Å²) in [6, 6.07) is 13.7. The second-order valence-corrected chi connectivity index (χ2v) is 12.0. The largest absolute Gasteiger partial charge is 0.467 e. The van der Waals surface area contributed by atoms with Gasteiger partial charge < -0.3 is 9.73 Å². The Balaban J connectivity index is 1.66. The molecule has 192 valence electrons. The molecule has 0 unspecified atom stereocenters. The lowest BCUT2D eigenvalue weighted by atomic mass is 9.87. The van der Waals surface area contributed by atoms with E-state index in [4.69, 9.17) is 9.52 Å². The van der Waals surface area contributed by atoms with Crippen LogP contribution in [0.5, 0.6) is 0 Å². The van der Waals surface area contributed by atoms with Gasteiger partial charge >= 0.3 is 0 Å². The van der Waals surface area contributed by atoms with Crippen molar-refractivity contribution in [1.29, 1.82) is 0 Å². The average molecular weight is 535 g/mol. The number of carbonyl (C=O) groups excluding carboxylic acids is 2. The average Bonchev–Trinajstić information content (AvgIpc) is 3.62. The molecule has 4 heterocycles. The van der Waals surface area contributed by atoms with Gasteiger partial charge in [0.05, 0.1) is 35.2 Å². The van der Waals surface area contributed by atoms with E-state index < -0.39 is 0 Å². The molecule has 2 amide bonds. The third-order valence-electron chi connectivity index (χ3n) is 6.33. The minimum atomic E-state index is -0.284. The summed E-state index contributed by atoms with van der Waals surface area (Å²) >= 11 is 3.23. The molecule has 0 radical (unpaired) electrons. The van der Waals surface area contributed by atoms with E-state index >= 15 is 0 Å². The van der Waals surface area contributed by atoms with Crippen LogP contribution in [-0.2, 0) is 21.5 Å². The van der Waals surface area contributed by atoms with Gasteiger partial charge in [-0.25, -0.2) is 4.68 Å². The summed E-state index contributed by atoms with van der Waals surface area (Å²) in [6.07, 6.45) is 1.57. The number of nitrogens with one attached hydrogen (secondary N) is 1. The maximum atomic E-state index is 13.7. The molecule has 1 aliphatic heterocycles. The van der Waals surface area contributed by atoms with E-state index in [0.29, 0.717) is 11.6 Å². The molecule has 0 aliphatic carbocycles. The number of benzene rings is 1. The molecule has 0 spiro atoms. The molecule has 37 heavy (non-hydrogen) atoms. The number of rotatable bonds is 6. The van der Waals surface area contributed by atoms with E-state index in [0.717, 1.165) is 28.1 Å². The van der Waals surface area contributed by atoms with Crippen molar-refractivity contribution in [2.24, 2.45) is 0 Å². The van der Waals surface area contributed by atoms with Crippen LogP contribution in [0.15, 0.2) is 63.9 Å². The lowest BCUT2D eigenvalue weighted by Gasteiger charge is -2.24. The summed E-state index contributed by atoms with van der Waals surface area (Å²) in [7, 11) is 0. The van der Waals surface area contributed by atoms with E-state index in [1.165, 1.54) is 0 Å². The molecule has 0 fully saturated rings. The van der Waals surface area contributed by atoms with Gasteiger partial charge in [-0.3, -0.25) is 14.5 Å². The van der Waals surface area contributed by atoms with Crippen LogP contribution in [0.25, 0.3) is 5.69 Å². The second kappa shape index (κ2) is 10.2. The van der Waals surface area contributed by atoms with Gasteiger partial charge in [0.2, 0.25) is 11.8 Å². The van der Waals surface area contributed by atoms with Crippen LogP contribution in [0.1, 0.15) is 54.2 Å². The highest BCUT2D eigenvalue weighted by molar-refractivity contribution is 8.00. The highest BCUT2D eigenvalue weighted by atomic mass is 32.2. The lowest BCUT2D eigenvalue weighted by molar-refractivity contribution is -0.123. The Labute approximate surface area is 224 Å². The summed E-state index contributed by atoms with van der Waals surface area (Å²) in [4.78, 5) is 28.4. The maximum absolute atomic E-state index is 13.7. The molecular weight excluding hydrogens is 504 g/mol. The van der Waals surface area contributed by atoms with E-state index in [2.05, 4.69) is 42.9 Å². The normalized spacial score (nSPS) is 15.9. The van der Waals surface area contributed by atoms with Gasteiger partial charge in [0, 0.05) is 11.0 Å². The fraction of sp³-hybridized carbons (Fsp3) is 0.321. The van der Waals surface area contributed by atoms with Crippen LogP contribution in [0, 0.1) is 6.92 Å². The first-order valence-electron chi connectivity index (χ1n) is 12.2. The molecule has 1 atom stereocenters. The summed E-state index contributed by atoms with van der Waals surface area (Å²) in [6.45, 7) is 8.60. The van der Waals surface area contributed by atoms with Crippen LogP contribution in [0.4, 0.5) is 5.82 Å². The van der Waals surface area contributed by atoms with Crippen LogP contribution < -0.4 is 10.2 Å². The van der Waals surface area contributed by atoms with Crippen molar-refractivity contribution in [3.05, 3.63) is 87.6 Å². The van der Waals surface area contributed by atoms with Crippen molar-refractivity contribution in [2.75, 3.05) is 17.2 Å². The van der Waals surface area contributed by atoms with Gasteiger partial charge in [0.15, 0.2) is 0 Å². The van der Waals surface area contributed by atoms with Crippen LogP contribution in [0.3, 0.4) is 0 Å². The summed E-state index contributed by atoms with van der Waals surface area (Å²) in [5.41, 5.74) is 4.69. The quantitative estimate of drug-likeness (QED) is 0.347. The standard InChI is InChI=1S/C28H30N4O3S2/c1-18-8-5-6-10-21(18)32-27-24(26(30-32)28(2,3)4)25(19-11-13-36-16-19)37-17-23(34)31(27)15-22(33)29-14-20-9-7-12-35-20/h5-13,16,25H,14-15,17H2,1-4H3,(H,29,33)/t25-/m1/s1. The molecule has 1 aliphatic rings. The van der Waals surface area contributed by atoms with Crippen molar-refractivity contribution in [2.45, 2.75) is 44.9 Å². The third-order valence-corrected chi connectivity index (χ3v) is 8.29. The van der Waals surface area contributed by atoms with Crippen LogP contribution in [-0.4, -0.2) is 33.9 Å². The highest BCUT2D eigenvalue weighted by Crippen LogP contribution is 2.48. The fourth-order valence-electron chi connectivity index (χ4n) is 4.53. The number of thiophene rings is 1. The number of aryl methyl sites for hydroxylation is 1. The first kappa shape index (κ1) is 25.4. The fourth-order valence-corrected chi connectivity index (χ4v) is 6.49. The molecule has 0 bridgehead atoms. The van der Waals surface area contributed by atoms with Gasteiger partial charge in [0.1, 0.15) is 18.1 Å². The number of hydrogen-bond acceptors (Lipinski definition) is 6. The Hall–Kier alpha value is -3.30. The van der Waals surface area contributed by atoms with Crippen molar-refractivity contribution >= 4 is 40.7 Å². The Kier molecular flexibility index (Phi) is 7.00. The SMILES string of the molecule is Cc1ccccc1-n1nc(C(C)(C)C)c2c1N(CC(=O)NCc1ccco1)C(=O)CS[C@@H]2c1ccsc1. The Morgan fingerprint density at radius 3 is 2.68 bits per heavy atom. The third kappa shape index (κ3) is 5.10. The molecular formula is C28H30N4O3S2. The zero-order chi connectivity index (χ0) is 26.2. The van der Waals surface area contributed by atoms with Gasteiger partial charge in [0.25, 0.3) is 0 Å². The molecule has 3 aromatic heterocycles. The zero-order valence-corrected chi connectivity index (χ0v) is 23.0. The van der Waals surface area contributed by atoms with Crippen LogP contribution >= 0.6 is 23.1 Å².